The van der Waals surface area contributed by atoms with Gasteiger partial charge in [0, 0.05) is 0 Å². The number of rotatable bonds is 3. The van der Waals surface area contributed by atoms with E-state index >= 15 is 0 Å². The maximum atomic E-state index is 2.46. The molecule has 0 spiro atoms. The second-order valence-electron chi connectivity index (χ2n) is 5.05. The molecule has 0 amide bonds. The highest BCUT2D eigenvalue weighted by Crippen LogP contribution is 2.58. The van der Waals surface area contributed by atoms with Crippen LogP contribution in [0.3, 0.4) is 0 Å². The summed E-state index contributed by atoms with van der Waals surface area (Å²) in [5.41, 5.74) is 1.30. The van der Waals surface area contributed by atoms with E-state index in [2.05, 4.69) is 27.7 Å². The predicted octanol–water partition coefficient (Wildman–Crippen LogP) is 4.00. The van der Waals surface area contributed by atoms with E-state index in [1.807, 2.05) is 0 Å². The van der Waals surface area contributed by atoms with E-state index < -0.39 is 0 Å². The summed E-state index contributed by atoms with van der Waals surface area (Å²) in [7, 11) is 0. The fraction of sp³-hybridized carbons (Fsp3) is 1.00. The Morgan fingerprint density at radius 2 is 1.73 bits per heavy atom. The third kappa shape index (κ3) is 1.45. The zero-order valence-corrected chi connectivity index (χ0v) is 8.54. The van der Waals surface area contributed by atoms with Crippen LogP contribution in [0.25, 0.3) is 0 Å². The molecule has 0 aliphatic heterocycles. The number of hydrogen-bond acceptors (Lipinski definition) is 0. The van der Waals surface area contributed by atoms with Gasteiger partial charge in [0.1, 0.15) is 0 Å². The number of unbranched alkanes of at least 4 members (excludes halogenated alkanes) is 1. The molecule has 0 heteroatoms. The average Bonchev–Trinajstić information content (AvgIpc) is 1.98. The molecule has 0 aromatic heterocycles. The second kappa shape index (κ2) is 2.80. The molecule has 1 unspecified atom stereocenters. The first kappa shape index (κ1) is 9.09. The molecular weight excluding hydrogens is 132 g/mol. The van der Waals surface area contributed by atoms with Crippen molar-refractivity contribution in [3.8, 4) is 0 Å². The van der Waals surface area contributed by atoms with Crippen molar-refractivity contribution in [2.24, 2.45) is 10.8 Å². The minimum absolute atomic E-state index is 0.627. The Labute approximate surface area is 71.4 Å². The van der Waals surface area contributed by atoms with Gasteiger partial charge in [-0.15, -0.1) is 0 Å². The van der Waals surface area contributed by atoms with E-state index in [4.69, 9.17) is 0 Å². The first-order valence-corrected chi connectivity index (χ1v) is 5.02. The Kier molecular flexibility index (Phi) is 2.32. The van der Waals surface area contributed by atoms with Gasteiger partial charge in [0.05, 0.1) is 0 Å². The Balaban J connectivity index is 2.41. The first-order valence-electron chi connectivity index (χ1n) is 5.02. The van der Waals surface area contributed by atoms with E-state index in [-0.39, 0.29) is 0 Å². The molecule has 0 heterocycles. The van der Waals surface area contributed by atoms with Gasteiger partial charge in [0.15, 0.2) is 0 Å². The zero-order valence-electron chi connectivity index (χ0n) is 8.54. The molecule has 0 nitrogen and oxygen atoms in total. The van der Waals surface area contributed by atoms with Crippen molar-refractivity contribution < 1.29 is 0 Å². The molecule has 1 fully saturated rings. The maximum Gasteiger partial charge on any atom is -0.0274 e. The summed E-state index contributed by atoms with van der Waals surface area (Å²) >= 11 is 0. The van der Waals surface area contributed by atoms with Gasteiger partial charge >= 0.3 is 0 Å². The smallest absolute Gasteiger partial charge is 0.0274 e. The lowest BCUT2D eigenvalue weighted by molar-refractivity contribution is -0.0431. The lowest BCUT2D eigenvalue weighted by Crippen LogP contribution is -2.44. The van der Waals surface area contributed by atoms with E-state index in [0.29, 0.717) is 10.8 Å². The van der Waals surface area contributed by atoms with Crippen LogP contribution in [0.2, 0.25) is 0 Å². The Morgan fingerprint density at radius 1 is 1.09 bits per heavy atom. The third-order valence-electron chi connectivity index (χ3n) is 4.02. The van der Waals surface area contributed by atoms with Crippen molar-refractivity contribution in [1.82, 2.24) is 0 Å². The molecule has 0 aromatic rings. The zero-order chi connectivity index (χ0) is 8.54. The largest absolute Gasteiger partial charge is 0.0654 e. The van der Waals surface area contributed by atoms with Crippen molar-refractivity contribution in [2.75, 3.05) is 0 Å². The van der Waals surface area contributed by atoms with Gasteiger partial charge in [-0.3, -0.25) is 0 Å². The summed E-state index contributed by atoms with van der Waals surface area (Å²) in [5, 5.41) is 0. The Morgan fingerprint density at radius 3 is 2.00 bits per heavy atom. The van der Waals surface area contributed by atoms with Crippen LogP contribution in [-0.2, 0) is 0 Å². The highest BCUT2D eigenvalue weighted by atomic mass is 14.5. The van der Waals surface area contributed by atoms with E-state index in [1.54, 1.807) is 0 Å². The molecule has 0 saturated heterocycles. The van der Waals surface area contributed by atoms with Crippen LogP contribution < -0.4 is 0 Å². The van der Waals surface area contributed by atoms with Gasteiger partial charge in [0.2, 0.25) is 0 Å². The van der Waals surface area contributed by atoms with Gasteiger partial charge in [-0.25, -0.2) is 0 Å². The summed E-state index contributed by atoms with van der Waals surface area (Å²) in [6.45, 7) is 9.60. The topological polar surface area (TPSA) is 0 Å². The highest BCUT2D eigenvalue weighted by molar-refractivity contribution is 4.98. The predicted molar refractivity (Wildman–Crippen MR) is 50.6 cm³/mol. The molecule has 0 N–H and O–H groups in total. The summed E-state index contributed by atoms with van der Waals surface area (Å²) < 4.78 is 0. The van der Waals surface area contributed by atoms with Crippen molar-refractivity contribution in [2.45, 2.75) is 59.8 Å². The third-order valence-corrected chi connectivity index (χ3v) is 4.02. The lowest BCUT2D eigenvalue weighted by atomic mass is 9.50. The minimum atomic E-state index is 0.627. The van der Waals surface area contributed by atoms with Crippen LogP contribution in [-0.4, -0.2) is 0 Å². The van der Waals surface area contributed by atoms with Crippen LogP contribution in [0.15, 0.2) is 0 Å². The fourth-order valence-electron chi connectivity index (χ4n) is 2.08. The Bertz CT molecular complexity index is 135. The normalized spacial score (nSPS) is 34.9. The van der Waals surface area contributed by atoms with Crippen LogP contribution in [0.4, 0.5) is 0 Å². The van der Waals surface area contributed by atoms with Gasteiger partial charge < -0.3 is 0 Å². The van der Waals surface area contributed by atoms with Crippen LogP contribution in [0.5, 0.6) is 0 Å². The monoisotopic (exact) mass is 154 g/mol. The van der Waals surface area contributed by atoms with Gasteiger partial charge in [0.25, 0.3) is 0 Å². The molecule has 0 radical (unpaired) electrons. The number of hydrogen-bond donors (Lipinski definition) is 0. The van der Waals surface area contributed by atoms with Crippen molar-refractivity contribution in [1.29, 1.82) is 0 Å². The molecule has 11 heavy (non-hydrogen) atoms. The molecule has 1 aliphatic carbocycles. The quantitative estimate of drug-likeness (QED) is 0.576. The Hall–Kier alpha value is 0. The van der Waals surface area contributed by atoms with Crippen LogP contribution in [0.1, 0.15) is 59.8 Å². The van der Waals surface area contributed by atoms with Gasteiger partial charge in [-0.2, -0.15) is 0 Å². The average molecular weight is 154 g/mol. The van der Waals surface area contributed by atoms with Crippen molar-refractivity contribution in [3.63, 3.8) is 0 Å². The molecule has 0 bridgehead atoms. The molecule has 0 aromatic carbocycles. The molecule has 66 valence electrons. The van der Waals surface area contributed by atoms with Crippen molar-refractivity contribution >= 4 is 0 Å². The van der Waals surface area contributed by atoms with E-state index in [1.165, 1.54) is 32.1 Å². The SMILES string of the molecule is CCCCC1(C)CCC1(C)C. The highest BCUT2D eigenvalue weighted by Gasteiger charge is 2.47. The van der Waals surface area contributed by atoms with Gasteiger partial charge in [-0.1, -0.05) is 40.5 Å². The molecule has 1 aliphatic rings. The molecule has 1 atom stereocenters. The van der Waals surface area contributed by atoms with Crippen molar-refractivity contribution in [3.05, 3.63) is 0 Å². The standard InChI is InChI=1S/C11H22/c1-5-6-7-11(4)9-8-10(11,2)3/h5-9H2,1-4H3. The fourth-order valence-corrected chi connectivity index (χ4v) is 2.08. The van der Waals surface area contributed by atoms with E-state index in [0.717, 1.165) is 0 Å². The summed E-state index contributed by atoms with van der Waals surface area (Å²) in [5.74, 6) is 0. The maximum absolute atomic E-state index is 2.46. The molecule has 1 rings (SSSR count). The van der Waals surface area contributed by atoms with Crippen LogP contribution in [0, 0.1) is 10.8 Å². The first-order chi connectivity index (χ1) is 5.02. The minimum Gasteiger partial charge on any atom is -0.0654 e. The molecule has 1 saturated carbocycles. The van der Waals surface area contributed by atoms with Crippen LogP contribution >= 0.6 is 0 Å². The van der Waals surface area contributed by atoms with Gasteiger partial charge in [-0.05, 0) is 30.1 Å². The summed E-state index contributed by atoms with van der Waals surface area (Å²) in [6, 6.07) is 0. The second-order valence-corrected chi connectivity index (χ2v) is 5.05. The molecular formula is C11H22. The van der Waals surface area contributed by atoms with E-state index in [9.17, 15) is 0 Å². The summed E-state index contributed by atoms with van der Waals surface area (Å²) in [6.07, 6.45) is 7.11. The lowest BCUT2D eigenvalue weighted by Gasteiger charge is -2.55. The summed E-state index contributed by atoms with van der Waals surface area (Å²) in [4.78, 5) is 0.